The molecule has 0 fully saturated rings. The van der Waals surface area contributed by atoms with Gasteiger partial charge in [0.15, 0.2) is 0 Å². The van der Waals surface area contributed by atoms with Gasteiger partial charge in [-0.2, -0.15) is 0 Å². The molecule has 1 aliphatic carbocycles. The number of aromatic hydroxyl groups is 1. The summed E-state index contributed by atoms with van der Waals surface area (Å²) in [6.45, 7) is 0. The molecular formula is C28H19NO. The smallest absolute Gasteiger partial charge is 0.140 e. The molecule has 0 aliphatic heterocycles. The van der Waals surface area contributed by atoms with Gasteiger partial charge in [-0.15, -0.1) is 0 Å². The van der Waals surface area contributed by atoms with Crippen LogP contribution in [0.1, 0.15) is 12.8 Å². The van der Waals surface area contributed by atoms with Gasteiger partial charge in [0.25, 0.3) is 0 Å². The van der Waals surface area contributed by atoms with Crippen molar-refractivity contribution in [1.29, 1.82) is 0 Å². The molecule has 1 aliphatic rings. The summed E-state index contributed by atoms with van der Waals surface area (Å²) in [7, 11) is 0. The van der Waals surface area contributed by atoms with E-state index in [0.29, 0.717) is 5.75 Å². The molecule has 0 saturated heterocycles. The number of phenolic OH excluding ortho intramolecular Hbond substituents is 1. The van der Waals surface area contributed by atoms with Gasteiger partial charge in [-0.1, -0.05) is 60.7 Å². The normalized spacial score (nSPS) is 14.6. The number of benzene rings is 5. The minimum atomic E-state index is 0.333. The van der Waals surface area contributed by atoms with Crippen molar-refractivity contribution in [3.63, 3.8) is 0 Å². The van der Waals surface area contributed by atoms with Crippen LogP contribution in [-0.4, -0.2) is 9.67 Å². The van der Waals surface area contributed by atoms with Crippen LogP contribution in [0.3, 0.4) is 0 Å². The highest BCUT2D eigenvalue weighted by molar-refractivity contribution is 6.38. The number of fused-ring (bicyclic) bond motifs is 5. The minimum Gasteiger partial charge on any atom is -0.506 e. The Labute approximate surface area is 173 Å². The first-order valence-electron chi connectivity index (χ1n) is 10.5. The molecule has 0 spiro atoms. The highest BCUT2D eigenvalue weighted by atomic mass is 16.3. The fourth-order valence-corrected chi connectivity index (χ4v) is 5.42. The number of rotatable bonds is 1. The summed E-state index contributed by atoms with van der Waals surface area (Å²) in [5.74, 6) is 0.333. The highest BCUT2D eigenvalue weighted by Gasteiger charge is 2.22. The number of hydrogen-bond donors (Lipinski definition) is 1. The van der Waals surface area contributed by atoms with Crippen molar-refractivity contribution in [2.24, 2.45) is 0 Å². The summed E-state index contributed by atoms with van der Waals surface area (Å²) in [5, 5.41) is 20.9. The molecule has 1 N–H and O–H groups in total. The van der Waals surface area contributed by atoms with E-state index in [-0.39, 0.29) is 0 Å². The topological polar surface area (TPSA) is 25.2 Å². The van der Waals surface area contributed by atoms with Crippen LogP contribution in [0, 0.1) is 0 Å². The SMILES string of the molecule is Oc1ccc2c3ccc4ccccc4c3c3cccc4c3c2c1n4C1=CCCC=C1. The maximum absolute atomic E-state index is 11.0. The third kappa shape index (κ3) is 1.89. The third-order valence-electron chi connectivity index (χ3n) is 6.64. The van der Waals surface area contributed by atoms with Gasteiger partial charge in [-0.25, -0.2) is 0 Å². The van der Waals surface area contributed by atoms with E-state index in [1.54, 1.807) is 0 Å². The van der Waals surface area contributed by atoms with Crippen LogP contribution in [-0.2, 0) is 0 Å². The Balaban J connectivity index is 1.84. The van der Waals surface area contributed by atoms with Crippen molar-refractivity contribution >= 4 is 59.8 Å². The summed E-state index contributed by atoms with van der Waals surface area (Å²) in [6.07, 6.45) is 8.78. The molecule has 30 heavy (non-hydrogen) atoms. The van der Waals surface area contributed by atoms with Gasteiger partial charge < -0.3 is 9.67 Å². The molecule has 2 heteroatoms. The number of nitrogens with zero attached hydrogens (tertiary/aromatic N) is 1. The molecule has 7 rings (SSSR count). The molecule has 0 atom stereocenters. The summed E-state index contributed by atoms with van der Waals surface area (Å²) in [4.78, 5) is 0. The molecule has 6 aromatic rings. The molecule has 0 saturated carbocycles. The van der Waals surface area contributed by atoms with E-state index >= 15 is 0 Å². The minimum absolute atomic E-state index is 0.333. The molecular weight excluding hydrogens is 366 g/mol. The molecule has 2 nitrogen and oxygen atoms in total. The average Bonchev–Trinajstić information content (AvgIpc) is 3.16. The average molecular weight is 385 g/mol. The lowest BCUT2D eigenvalue weighted by Crippen LogP contribution is -1.97. The molecule has 1 heterocycles. The molecule has 0 amide bonds. The second-order valence-electron chi connectivity index (χ2n) is 8.21. The summed E-state index contributed by atoms with van der Waals surface area (Å²) >= 11 is 0. The Hall–Kier alpha value is -3.78. The molecule has 1 aromatic heterocycles. The lowest BCUT2D eigenvalue weighted by Gasteiger charge is -2.12. The van der Waals surface area contributed by atoms with Crippen LogP contribution in [0.25, 0.3) is 59.8 Å². The zero-order chi connectivity index (χ0) is 19.8. The number of allylic oxidation sites excluding steroid dienone is 4. The zero-order valence-electron chi connectivity index (χ0n) is 16.4. The van der Waals surface area contributed by atoms with E-state index in [1.807, 2.05) is 6.07 Å². The van der Waals surface area contributed by atoms with Crippen molar-refractivity contribution in [1.82, 2.24) is 4.57 Å². The second-order valence-corrected chi connectivity index (χ2v) is 8.21. The first-order chi connectivity index (χ1) is 14.8. The summed E-state index contributed by atoms with van der Waals surface area (Å²) in [6, 6.07) is 23.6. The Kier molecular flexibility index (Phi) is 3.02. The summed E-state index contributed by atoms with van der Waals surface area (Å²) in [5.41, 5.74) is 3.20. The Morgan fingerprint density at radius 1 is 0.667 bits per heavy atom. The van der Waals surface area contributed by atoms with E-state index < -0.39 is 0 Å². The van der Waals surface area contributed by atoms with Gasteiger partial charge in [-0.05, 0) is 69.4 Å². The monoisotopic (exact) mass is 385 g/mol. The van der Waals surface area contributed by atoms with E-state index in [9.17, 15) is 5.11 Å². The van der Waals surface area contributed by atoms with Crippen LogP contribution >= 0.6 is 0 Å². The highest BCUT2D eigenvalue weighted by Crippen LogP contribution is 2.47. The maximum Gasteiger partial charge on any atom is 0.140 e. The van der Waals surface area contributed by atoms with E-state index in [2.05, 4.69) is 83.5 Å². The van der Waals surface area contributed by atoms with E-state index in [1.165, 1.54) is 37.7 Å². The van der Waals surface area contributed by atoms with Crippen molar-refractivity contribution < 1.29 is 5.11 Å². The predicted octanol–water partition coefficient (Wildman–Crippen LogP) is 7.59. The van der Waals surface area contributed by atoms with Gasteiger partial charge >= 0.3 is 0 Å². The standard InChI is InChI=1S/C28H19NO/c30-24-16-15-21-20-14-13-17-7-4-5-10-19(17)25(20)22-11-6-12-23-26(22)27(21)28(24)29(23)18-8-2-1-3-9-18/h2,4-16,30H,1,3H2. The fourth-order valence-electron chi connectivity index (χ4n) is 5.42. The lowest BCUT2D eigenvalue weighted by atomic mass is 9.91. The van der Waals surface area contributed by atoms with Gasteiger partial charge in [0.05, 0.1) is 11.0 Å². The van der Waals surface area contributed by atoms with Gasteiger partial charge in [0.1, 0.15) is 5.75 Å². The van der Waals surface area contributed by atoms with Crippen LogP contribution in [0.15, 0.2) is 85.0 Å². The lowest BCUT2D eigenvalue weighted by molar-refractivity contribution is 0.480. The van der Waals surface area contributed by atoms with E-state index in [4.69, 9.17) is 0 Å². The van der Waals surface area contributed by atoms with E-state index in [0.717, 1.165) is 35.0 Å². The van der Waals surface area contributed by atoms with Gasteiger partial charge in [-0.3, -0.25) is 0 Å². The van der Waals surface area contributed by atoms with Gasteiger partial charge in [0.2, 0.25) is 0 Å². The van der Waals surface area contributed by atoms with Crippen LogP contribution in [0.4, 0.5) is 0 Å². The Morgan fingerprint density at radius 2 is 1.50 bits per heavy atom. The predicted molar refractivity (Wildman–Crippen MR) is 127 cm³/mol. The molecule has 5 aromatic carbocycles. The number of phenols is 1. The quantitative estimate of drug-likeness (QED) is 0.290. The van der Waals surface area contributed by atoms with Crippen molar-refractivity contribution in [2.45, 2.75) is 12.8 Å². The second kappa shape index (κ2) is 5.64. The first kappa shape index (κ1) is 16.1. The third-order valence-corrected chi connectivity index (χ3v) is 6.64. The maximum atomic E-state index is 11.0. The van der Waals surface area contributed by atoms with Crippen LogP contribution in [0.5, 0.6) is 5.75 Å². The first-order valence-corrected chi connectivity index (χ1v) is 10.5. The zero-order valence-corrected chi connectivity index (χ0v) is 16.4. The summed E-state index contributed by atoms with van der Waals surface area (Å²) < 4.78 is 2.25. The Morgan fingerprint density at radius 3 is 2.40 bits per heavy atom. The molecule has 0 bridgehead atoms. The van der Waals surface area contributed by atoms with Crippen molar-refractivity contribution in [2.75, 3.05) is 0 Å². The number of aromatic nitrogens is 1. The number of hydrogen-bond acceptors (Lipinski definition) is 1. The van der Waals surface area contributed by atoms with Gasteiger partial charge in [0, 0.05) is 16.5 Å². The largest absolute Gasteiger partial charge is 0.506 e. The Bertz CT molecular complexity index is 1700. The molecule has 142 valence electrons. The van der Waals surface area contributed by atoms with Crippen molar-refractivity contribution in [3.8, 4) is 5.75 Å². The van der Waals surface area contributed by atoms with Crippen LogP contribution < -0.4 is 0 Å². The fraction of sp³-hybridized carbons (Fsp3) is 0.0714. The van der Waals surface area contributed by atoms with Crippen molar-refractivity contribution in [3.05, 3.63) is 85.0 Å². The molecule has 0 unspecified atom stereocenters. The molecule has 0 radical (unpaired) electrons. The van der Waals surface area contributed by atoms with Crippen LogP contribution in [0.2, 0.25) is 0 Å².